The Kier molecular flexibility index (Phi) is 6.80. The zero-order chi connectivity index (χ0) is 17.7. The Labute approximate surface area is 151 Å². The number of hydrogen-bond acceptors (Lipinski definition) is 4. The molecular formula is C18H25BrN2O3. The Morgan fingerprint density at radius 1 is 1.17 bits per heavy atom. The molecule has 1 heterocycles. The van der Waals surface area contributed by atoms with Crippen LogP contribution in [0.1, 0.15) is 48.6 Å². The maximum absolute atomic E-state index is 12.4. The summed E-state index contributed by atoms with van der Waals surface area (Å²) in [5.41, 5.74) is 7.40. The number of carbonyl (C=O) groups excluding carboxylic acids is 2. The number of amides is 1. The molecule has 0 aliphatic carbocycles. The number of primary amides is 1. The summed E-state index contributed by atoms with van der Waals surface area (Å²) in [6, 6.07) is 7.79. The van der Waals surface area contributed by atoms with Crippen LogP contribution >= 0.6 is 15.9 Å². The van der Waals surface area contributed by atoms with Crippen LogP contribution in [0, 0.1) is 0 Å². The molecule has 1 aliphatic rings. The van der Waals surface area contributed by atoms with Crippen molar-refractivity contribution in [3.8, 4) is 0 Å². The highest BCUT2D eigenvalue weighted by Crippen LogP contribution is 2.26. The first-order valence-electron chi connectivity index (χ1n) is 8.34. The van der Waals surface area contributed by atoms with Crippen molar-refractivity contribution >= 4 is 27.8 Å². The van der Waals surface area contributed by atoms with E-state index in [-0.39, 0.29) is 0 Å². The SMILES string of the molecule is CC(C)c1ccc(C(Br)C(=O)O[C@H](CN2CCCC2)C(N)=O)cc1. The van der Waals surface area contributed by atoms with Crippen LogP contribution in [0.15, 0.2) is 24.3 Å². The van der Waals surface area contributed by atoms with Gasteiger partial charge in [0.2, 0.25) is 0 Å². The fourth-order valence-corrected chi connectivity index (χ4v) is 3.18. The lowest BCUT2D eigenvalue weighted by Gasteiger charge is -2.22. The number of benzene rings is 1. The molecule has 2 rings (SSSR count). The van der Waals surface area contributed by atoms with Crippen molar-refractivity contribution in [1.82, 2.24) is 4.90 Å². The fourth-order valence-electron chi connectivity index (χ4n) is 2.77. The molecule has 24 heavy (non-hydrogen) atoms. The van der Waals surface area contributed by atoms with E-state index < -0.39 is 22.8 Å². The maximum Gasteiger partial charge on any atom is 0.325 e. The summed E-state index contributed by atoms with van der Waals surface area (Å²) in [5.74, 6) is -0.667. The van der Waals surface area contributed by atoms with E-state index in [2.05, 4.69) is 34.7 Å². The molecule has 1 aromatic rings. The Morgan fingerprint density at radius 2 is 1.71 bits per heavy atom. The second kappa shape index (κ2) is 8.62. The molecule has 5 nitrogen and oxygen atoms in total. The van der Waals surface area contributed by atoms with E-state index in [1.807, 2.05) is 24.3 Å². The summed E-state index contributed by atoms with van der Waals surface area (Å²) < 4.78 is 5.37. The number of nitrogens with two attached hydrogens (primary N) is 1. The lowest BCUT2D eigenvalue weighted by molar-refractivity contribution is -0.155. The molecule has 6 heteroatoms. The van der Waals surface area contributed by atoms with Gasteiger partial charge in [0, 0.05) is 6.54 Å². The van der Waals surface area contributed by atoms with E-state index in [9.17, 15) is 9.59 Å². The van der Waals surface area contributed by atoms with Gasteiger partial charge in [0.15, 0.2) is 6.10 Å². The van der Waals surface area contributed by atoms with Crippen molar-refractivity contribution in [3.05, 3.63) is 35.4 Å². The Balaban J connectivity index is 1.98. The number of rotatable bonds is 7. The van der Waals surface area contributed by atoms with Gasteiger partial charge in [0.25, 0.3) is 5.91 Å². The molecule has 0 radical (unpaired) electrons. The van der Waals surface area contributed by atoms with E-state index in [0.717, 1.165) is 31.5 Å². The standard InChI is InChI=1S/C18H25BrN2O3/c1-12(2)13-5-7-14(8-6-13)16(19)18(23)24-15(17(20)22)11-21-9-3-4-10-21/h5-8,12,15-16H,3-4,9-11H2,1-2H3,(H2,20,22)/t15-,16?/m1/s1. The van der Waals surface area contributed by atoms with Gasteiger partial charge in [-0.15, -0.1) is 0 Å². The van der Waals surface area contributed by atoms with Crippen molar-refractivity contribution in [1.29, 1.82) is 0 Å². The Morgan fingerprint density at radius 3 is 2.21 bits per heavy atom. The zero-order valence-electron chi connectivity index (χ0n) is 14.2. The third-order valence-corrected chi connectivity index (χ3v) is 5.20. The molecule has 0 bridgehead atoms. The van der Waals surface area contributed by atoms with Gasteiger partial charge in [-0.05, 0) is 43.0 Å². The van der Waals surface area contributed by atoms with E-state index in [0.29, 0.717) is 12.5 Å². The summed E-state index contributed by atoms with van der Waals surface area (Å²) >= 11 is 3.36. The number of nitrogens with zero attached hydrogens (tertiary/aromatic N) is 1. The van der Waals surface area contributed by atoms with Gasteiger partial charge in [-0.2, -0.15) is 0 Å². The van der Waals surface area contributed by atoms with Crippen LogP contribution in [0.3, 0.4) is 0 Å². The van der Waals surface area contributed by atoms with E-state index >= 15 is 0 Å². The minimum Gasteiger partial charge on any atom is -0.450 e. The summed E-state index contributed by atoms with van der Waals surface area (Å²) in [7, 11) is 0. The predicted molar refractivity (Wildman–Crippen MR) is 96.9 cm³/mol. The zero-order valence-corrected chi connectivity index (χ0v) is 15.8. The lowest BCUT2D eigenvalue weighted by atomic mass is 10.0. The largest absolute Gasteiger partial charge is 0.450 e. The van der Waals surface area contributed by atoms with E-state index in [4.69, 9.17) is 10.5 Å². The lowest BCUT2D eigenvalue weighted by Crippen LogP contribution is -2.42. The van der Waals surface area contributed by atoms with Crippen molar-refractivity contribution < 1.29 is 14.3 Å². The van der Waals surface area contributed by atoms with Crippen LogP contribution in [0.25, 0.3) is 0 Å². The second-order valence-corrected chi connectivity index (χ2v) is 7.44. The van der Waals surface area contributed by atoms with Crippen LogP contribution in [-0.2, 0) is 14.3 Å². The van der Waals surface area contributed by atoms with Crippen molar-refractivity contribution in [3.63, 3.8) is 0 Å². The maximum atomic E-state index is 12.4. The molecule has 1 fully saturated rings. The van der Waals surface area contributed by atoms with E-state index in [1.165, 1.54) is 5.56 Å². The Hall–Kier alpha value is -1.40. The average Bonchev–Trinajstić information content (AvgIpc) is 3.06. The normalized spacial score (nSPS) is 17.7. The van der Waals surface area contributed by atoms with Crippen molar-refractivity contribution in [2.24, 2.45) is 5.73 Å². The molecule has 2 N–H and O–H groups in total. The van der Waals surface area contributed by atoms with Crippen LogP contribution in [0.5, 0.6) is 0 Å². The third-order valence-electron chi connectivity index (χ3n) is 4.30. The first kappa shape index (κ1) is 18.9. The minimum absolute atomic E-state index is 0.368. The number of ether oxygens (including phenoxy) is 1. The molecule has 0 aromatic heterocycles. The van der Waals surface area contributed by atoms with Crippen molar-refractivity contribution in [2.75, 3.05) is 19.6 Å². The molecule has 0 saturated carbocycles. The molecular weight excluding hydrogens is 372 g/mol. The highest BCUT2D eigenvalue weighted by Gasteiger charge is 2.28. The minimum atomic E-state index is -0.911. The van der Waals surface area contributed by atoms with Gasteiger partial charge in [-0.25, -0.2) is 0 Å². The smallest absolute Gasteiger partial charge is 0.325 e. The van der Waals surface area contributed by atoms with Gasteiger partial charge >= 0.3 is 5.97 Å². The molecule has 1 amide bonds. The highest BCUT2D eigenvalue weighted by atomic mass is 79.9. The number of alkyl halides is 1. The number of carbonyl (C=O) groups is 2. The summed E-state index contributed by atoms with van der Waals surface area (Å²) in [6.07, 6.45) is 1.29. The number of esters is 1. The third kappa shape index (κ3) is 5.05. The summed E-state index contributed by atoms with van der Waals surface area (Å²) in [6.45, 7) is 6.42. The van der Waals surface area contributed by atoms with Gasteiger partial charge < -0.3 is 10.5 Å². The average molecular weight is 397 g/mol. The number of halogens is 1. The molecule has 1 aliphatic heterocycles. The van der Waals surface area contributed by atoms with Crippen LogP contribution in [-0.4, -0.2) is 42.5 Å². The molecule has 0 spiro atoms. The molecule has 132 valence electrons. The van der Waals surface area contributed by atoms with Gasteiger partial charge in [-0.3, -0.25) is 14.5 Å². The first-order chi connectivity index (χ1) is 11.4. The quantitative estimate of drug-likeness (QED) is 0.567. The Bertz CT molecular complexity index is 568. The van der Waals surface area contributed by atoms with E-state index in [1.54, 1.807) is 0 Å². The number of hydrogen-bond donors (Lipinski definition) is 1. The van der Waals surface area contributed by atoms with Gasteiger partial charge in [0.05, 0.1) is 0 Å². The van der Waals surface area contributed by atoms with Crippen LogP contribution < -0.4 is 5.73 Å². The topological polar surface area (TPSA) is 72.6 Å². The van der Waals surface area contributed by atoms with Gasteiger partial charge in [-0.1, -0.05) is 54.0 Å². The molecule has 2 atom stereocenters. The van der Waals surface area contributed by atoms with Crippen LogP contribution in [0.2, 0.25) is 0 Å². The molecule has 1 unspecified atom stereocenters. The highest BCUT2D eigenvalue weighted by molar-refractivity contribution is 9.09. The fraction of sp³-hybridized carbons (Fsp3) is 0.556. The molecule has 1 saturated heterocycles. The second-order valence-electron chi connectivity index (χ2n) is 6.52. The summed E-state index contributed by atoms with van der Waals surface area (Å²) in [5, 5.41) is 0. The number of likely N-dealkylation sites (tertiary alicyclic amines) is 1. The summed E-state index contributed by atoms with van der Waals surface area (Å²) in [4.78, 5) is 25.4. The first-order valence-corrected chi connectivity index (χ1v) is 9.26. The molecule has 1 aromatic carbocycles. The predicted octanol–water partition coefficient (Wildman–Crippen LogP) is 2.74. The van der Waals surface area contributed by atoms with Crippen molar-refractivity contribution in [2.45, 2.75) is 43.5 Å². The van der Waals surface area contributed by atoms with Crippen LogP contribution in [0.4, 0.5) is 0 Å². The van der Waals surface area contributed by atoms with Gasteiger partial charge in [0.1, 0.15) is 4.83 Å². The monoisotopic (exact) mass is 396 g/mol.